The Labute approximate surface area is 135 Å². The summed E-state index contributed by atoms with van der Waals surface area (Å²) in [5.41, 5.74) is 0. The summed E-state index contributed by atoms with van der Waals surface area (Å²) in [5, 5.41) is 0. The first kappa shape index (κ1) is 21.3. The smallest absolute Gasteiger partial charge is 0.307 e. The molecule has 0 aromatic rings. The average molecular weight is 335 g/mol. The van der Waals surface area contributed by atoms with Crippen LogP contribution in [0.15, 0.2) is 0 Å². The molecule has 0 amide bonds. The molecular formula is C14H25NO8. The molecule has 0 unspecified atom stereocenters. The maximum absolute atomic E-state index is 11.6. The van der Waals surface area contributed by atoms with E-state index >= 15 is 0 Å². The number of nitrogens with zero attached hydrogens (tertiary/aromatic N) is 1. The maximum Gasteiger partial charge on any atom is 0.307 e. The van der Waals surface area contributed by atoms with Gasteiger partial charge in [-0.15, -0.1) is 0 Å². The second-order valence-electron chi connectivity index (χ2n) is 4.44. The molecule has 0 fully saturated rings. The summed E-state index contributed by atoms with van der Waals surface area (Å²) < 4.78 is 14.3. The van der Waals surface area contributed by atoms with Gasteiger partial charge in [-0.2, -0.15) is 0 Å². The Morgan fingerprint density at radius 1 is 0.913 bits per heavy atom. The van der Waals surface area contributed by atoms with Gasteiger partial charge in [0.2, 0.25) is 0 Å². The van der Waals surface area contributed by atoms with Crippen molar-refractivity contribution >= 4 is 18.9 Å². The Bertz CT molecular complexity index is 299. The summed E-state index contributed by atoms with van der Waals surface area (Å²) in [6, 6.07) is 0. The molecule has 0 aromatic carbocycles. The summed E-state index contributed by atoms with van der Waals surface area (Å²) in [4.78, 5) is 42.8. The van der Waals surface area contributed by atoms with Gasteiger partial charge in [0, 0.05) is 19.6 Å². The minimum absolute atomic E-state index is 0.205. The number of ether oxygens (including phenoxy) is 3. The Hall–Kier alpha value is -1.71. The first-order chi connectivity index (χ1) is 11.2. The minimum Gasteiger partial charge on any atom is -0.467 e. The number of carbonyl (C=O) groups excluding carboxylic acids is 3. The molecule has 0 saturated carbocycles. The molecule has 23 heavy (non-hydrogen) atoms. The number of unbranched alkanes of at least 4 members (excludes halogenated alkanes) is 1. The molecule has 9 nitrogen and oxygen atoms in total. The SMILES string of the molecule is COOCCCCOC(=O)CCN(CCOC=O)CCOC=O. The Morgan fingerprint density at radius 2 is 1.52 bits per heavy atom. The van der Waals surface area contributed by atoms with E-state index in [1.807, 2.05) is 4.90 Å². The van der Waals surface area contributed by atoms with E-state index in [4.69, 9.17) is 9.62 Å². The minimum atomic E-state index is -0.310. The van der Waals surface area contributed by atoms with Crippen LogP contribution in [0.25, 0.3) is 0 Å². The molecular weight excluding hydrogens is 310 g/mol. The average Bonchev–Trinajstić information content (AvgIpc) is 2.55. The molecule has 0 saturated heterocycles. The van der Waals surface area contributed by atoms with Gasteiger partial charge in [-0.25, -0.2) is 9.78 Å². The normalized spacial score (nSPS) is 10.3. The Balaban J connectivity index is 3.80. The lowest BCUT2D eigenvalue weighted by molar-refractivity contribution is -0.272. The summed E-state index contributed by atoms with van der Waals surface area (Å²) in [5.74, 6) is -0.310. The van der Waals surface area contributed by atoms with Gasteiger partial charge >= 0.3 is 5.97 Å². The van der Waals surface area contributed by atoms with Crippen LogP contribution in [-0.2, 0) is 38.4 Å². The quantitative estimate of drug-likeness (QED) is 0.0902. The summed E-state index contributed by atoms with van der Waals surface area (Å²) in [6.07, 6.45) is 1.63. The zero-order valence-electron chi connectivity index (χ0n) is 13.4. The van der Waals surface area contributed by atoms with Crippen LogP contribution in [0.3, 0.4) is 0 Å². The second-order valence-corrected chi connectivity index (χ2v) is 4.44. The van der Waals surface area contributed by atoms with Crippen LogP contribution in [0.1, 0.15) is 19.3 Å². The van der Waals surface area contributed by atoms with Crippen molar-refractivity contribution in [2.24, 2.45) is 0 Å². The third-order valence-corrected chi connectivity index (χ3v) is 2.82. The van der Waals surface area contributed by atoms with Crippen molar-refractivity contribution in [3.63, 3.8) is 0 Å². The molecule has 134 valence electrons. The van der Waals surface area contributed by atoms with Gasteiger partial charge in [0.05, 0.1) is 26.7 Å². The third-order valence-electron chi connectivity index (χ3n) is 2.82. The monoisotopic (exact) mass is 335 g/mol. The molecule has 0 heterocycles. The molecule has 0 rings (SSSR count). The number of esters is 1. The van der Waals surface area contributed by atoms with Crippen LogP contribution in [0.5, 0.6) is 0 Å². The predicted molar refractivity (Wildman–Crippen MR) is 78.2 cm³/mol. The van der Waals surface area contributed by atoms with Gasteiger partial charge in [0.15, 0.2) is 0 Å². The van der Waals surface area contributed by atoms with E-state index in [9.17, 15) is 14.4 Å². The lowest BCUT2D eigenvalue weighted by Gasteiger charge is -2.20. The lowest BCUT2D eigenvalue weighted by Crippen LogP contribution is -2.33. The molecule has 0 spiro atoms. The van der Waals surface area contributed by atoms with Crippen molar-refractivity contribution in [1.82, 2.24) is 4.90 Å². The molecule has 0 aliphatic carbocycles. The zero-order chi connectivity index (χ0) is 17.2. The topological polar surface area (TPSA) is 101 Å². The zero-order valence-corrected chi connectivity index (χ0v) is 13.4. The fourth-order valence-electron chi connectivity index (χ4n) is 1.65. The van der Waals surface area contributed by atoms with Crippen molar-refractivity contribution in [2.75, 3.05) is 53.2 Å². The highest BCUT2D eigenvalue weighted by Gasteiger charge is 2.09. The van der Waals surface area contributed by atoms with Crippen molar-refractivity contribution in [2.45, 2.75) is 19.3 Å². The van der Waals surface area contributed by atoms with E-state index < -0.39 is 0 Å². The summed E-state index contributed by atoms with van der Waals surface area (Å²) in [6.45, 7) is 3.24. The molecule has 0 aromatic heterocycles. The highest BCUT2D eigenvalue weighted by molar-refractivity contribution is 5.69. The van der Waals surface area contributed by atoms with Crippen LogP contribution in [0.2, 0.25) is 0 Å². The van der Waals surface area contributed by atoms with Gasteiger partial charge in [-0.1, -0.05) is 0 Å². The Morgan fingerprint density at radius 3 is 2.09 bits per heavy atom. The van der Waals surface area contributed by atoms with Crippen molar-refractivity contribution in [3.05, 3.63) is 0 Å². The van der Waals surface area contributed by atoms with Crippen LogP contribution in [0, 0.1) is 0 Å². The van der Waals surface area contributed by atoms with E-state index in [2.05, 4.69) is 14.4 Å². The summed E-state index contributed by atoms with van der Waals surface area (Å²) in [7, 11) is 1.44. The first-order valence-corrected chi connectivity index (χ1v) is 7.38. The van der Waals surface area contributed by atoms with Crippen molar-refractivity contribution in [3.8, 4) is 0 Å². The molecule has 0 aliphatic heterocycles. The third kappa shape index (κ3) is 15.0. The number of carbonyl (C=O) groups is 3. The highest BCUT2D eigenvalue weighted by Crippen LogP contribution is 1.97. The predicted octanol–water partition coefficient (Wildman–Crippen LogP) is -0.0741. The van der Waals surface area contributed by atoms with Crippen molar-refractivity contribution in [1.29, 1.82) is 0 Å². The fourth-order valence-corrected chi connectivity index (χ4v) is 1.65. The maximum atomic E-state index is 11.6. The van der Waals surface area contributed by atoms with Gasteiger partial charge < -0.3 is 14.2 Å². The Kier molecular flexibility index (Phi) is 15.4. The largest absolute Gasteiger partial charge is 0.467 e. The van der Waals surface area contributed by atoms with Gasteiger partial charge in [-0.05, 0) is 12.8 Å². The van der Waals surface area contributed by atoms with Crippen LogP contribution in [0.4, 0.5) is 0 Å². The van der Waals surface area contributed by atoms with Gasteiger partial charge in [0.1, 0.15) is 13.2 Å². The van der Waals surface area contributed by atoms with E-state index in [0.717, 1.165) is 6.42 Å². The van der Waals surface area contributed by atoms with Crippen LogP contribution in [-0.4, -0.2) is 77.0 Å². The van der Waals surface area contributed by atoms with Gasteiger partial charge in [-0.3, -0.25) is 19.3 Å². The van der Waals surface area contributed by atoms with Gasteiger partial charge in [0.25, 0.3) is 12.9 Å². The molecule has 0 bridgehead atoms. The molecule has 9 heteroatoms. The van der Waals surface area contributed by atoms with E-state index in [0.29, 0.717) is 52.2 Å². The molecule has 0 aliphatic rings. The van der Waals surface area contributed by atoms with Crippen LogP contribution >= 0.6 is 0 Å². The van der Waals surface area contributed by atoms with Crippen LogP contribution < -0.4 is 0 Å². The highest BCUT2D eigenvalue weighted by atomic mass is 17.2. The number of rotatable bonds is 17. The van der Waals surface area contributed by atoms with Crippen molar-refractivity contribution < 1.29 is 38.4 Å². The van der Waals surface area contributed by atoms with E-state index in [1.165, 1.54) is 7.11 Å². The molecule has 0 N–H and O–H groups in total. The number of hydrogen-bond donors (Lipinski definition) is 0. The molecule has 0 radical (unpaired) electrons. The van der Waals surface area contributed by atoms with E-state index in [1.54, 1.807) is 0 Å². The standard InChI is InChI=1S/C14H25NO8/c1-19-23-9-3-2-8-22-14(18)4-5-15(6-10-20-12-16)7-11-21-13-17/h12-13H,2-11H2,1H3. The molecule has 0 atom stereocenters. The fraction of sp³-hybridized carbons (Fsp3) is 0.786. The summed E-state index contributed by atoms with van der Waals surface area (Å²) >= 11 is 0. The lowest BCUT2D eigenvalue weighted by atomic mass is 10.3. The second kappa shape index (κ2) is 16.7. The number of hydrogen-bond acceptors (Lipinski definition) is 9. The van der Waals surface area contributed by atoms with E-state index in [-0.39, 0.29) is 25.6 Å². The first-order valence-electron chi connectivity index (χ1n) is 7.38.